The number of hydrogen-bond acceptors (Lipinski definition) is 6. The summed E-state index contributed by atoms with van der Waals surface area (Å²) in [6, 6.07) is 15.5. The van der Waals surface area contributed by atoms with Crippen LogP contribution in [0.25, 0.3) is 10.2 Å². The molecule has 0 saturated carbocycles. The van der Waals surface area contributed by atoms with Crippen LogP contribution in [0.4, 0.5) is 5.69 Å². The molecule has 0 spiro atoms. The lowest BCUT2D eigenvalue weighted by molar-refractivity contribution is -0.116. The van der Waals surface area contributed by atoms with Crippen LogP contribution in [0.3, 0.4) is 0 Å². The minimum Gasteiger partial charge on any atom is -0.492 e. The summed E-state index contributed by atoms with van der Waals surface area (Å²) in [7, 11) is 0. The van der Waals surface area contributed by atoms with E-state index in [1.54, 1.807) is 22.3 Å². The van der Waals surface area contributed by atoms with Crippen LogP contribution < -0.4 is 10.1 Å². The highest BCUT2D eigenvalue weighted by atomic mass is 32.1. The summed E-state index contributed by atoms with van der Waals surface area (Å²) in [5.41, 5.74) is 1.76. The number of para-hydroxylation sites is 1. The lowest BCUT2D eigenvalue weighted by atomic mass is 10.2. The van der Waals surface area contributed by atoms with Gasteiger partial charge in [0.2, 0.25) is 5.91 Å². The van der Waals surface area contributed by atoms with Gasteiger partial charge >= 0.3 is 0 Å². The number of anilines is 1. The maximum absolute atomic E-state index is 12.3. The minimum absolute atomic E-state index is 0.00845. The Morgan fingerprint density at radius 2 is 2.10 bits per heavy atom. The zero-order valence-electron chi connectivity index (χ0n) is 15.8. The Balaban J connectivity index is 1.22. The van der Waals surface area contributed by atoms with E-state index in [-0.39, 0.29) is 5.91 Å². The number of aryl methyl sites for hydroxylation is 1. The third-order valence-electron chi connectivity index (χ3n) is 4.31. The first-order chi connectivity index (χ1) is 14.3. The Labute approximate surface area is 172 Å². The number of nitrogens with one attached hydrogen (secondary N) is 1. The van der Waals surface area contributed by atoms with Crippen molar-refractivity contribution < 1.29 is 9.53 Å². The van der Waals surface area contributed by atoms with Crippen molar-refractivity contribution >= 4 is 33.1 Å². The highest BCUT2D eigenvalue weighted by molar-refractivity contribution is 7.18. The second kappa shape index (κ2) is 9.29. The number of hydrogen-bond donors (Lipinski definition) is 1. The SMILES string of the molecule is O=C(CCCc1nc2ccccc2s1)Nc1cccc(OCCn2cncn2)c1. The number of thiazole rings is 1. The van der Waals surface area contributed by atoms with Crippen LogP contribution in [0, 0.1) is 0 Å². The van der Waals surface area contributed by atoms with Crippen molar-refractivity contribution in [2.45, 2.75) is 25.8 Å². The highest BCUT2D eigenvalue weighted by Crippen LogP contribution is 2.23. The number of rotatable bonds is 9. The molecule has 1 N–H and O–H groups in total. The molecule has 2 heterocycles. The molecule has 148 valence electrons. The monoisotopic (exact) mass is 407 g/mol. The fourth-order valence-corrected chi connectivity index (χ4v) is 3.93. The van der Waals surface area contributed by atoms with E-state index >= 15 is 0 Å². The van der Waals surface area contributed by atoms with E-state index < -0.39 is 0 Å². The van der Waals surface area contributed by atoms with Crippen molar-refractivity contribution in [3.05, 3.63) is 66.2 Å². The largest absolute Gasteiger partial charge is 0.492 e. The first-order valence-electron chi connectivity index (χ1n) is 9.46. The number of aromatic nitrogens is 4. The van der Waals surface area contributed by atoms with E-state index in [9.17, 15) is 4.79 Å². The molecule has 4 rings (SSSR count). The van der Waals surface area contributed by atoms with Crippen molar-refractivity contribution in [1.82, 2.24) is 19.7 Å². The van der Waals surface area contributed by atoms with Gasteiger partial charge in [-0.05, 0) is 37.1 Å². The molecule has 0 aliphatic rings. The first kappa shape index (κ1) is 19.1. The lowest BCUT2D eigenvalue weighted by Gasteiger charge is -2.09. The molecule has 0 saturated heterocycles. The van der Waals surface area contributed by atoms with Crippen molar-refractivity contribution in [3.8, 4) is 5.75 Å². The van der Waals surface area contributed by atoms with E-state index in [4.69, 9.17) is 4.74 Å². The van der Waals surface area contributed by atoms with E-state index in [0.29, 0.717) is 25.3 Å². The molecule has 4 aromatic rings. The minimum atomic E-state index is -0.00845. The van der Waals surface area contributed by atoms with Gasteiger partial charge in [0.05, 0.1) is 21.8 Å². The second-order valence-electron chi connectivity index (χ2n) is 6.51. The van der Waals surface area contributed by atoms with Crippen molar-refractivity contribution in [1.29, 1.82) is 0 Å². The van der Waals surface area contributed by atoms with Gasteiger partial charge in [-0.15, -0.1) is 11.3 Å². The van der Waals surface area contributed by atoms with Gasteiger partial charge in [-0.1, -0.05) is 18.2 Å². The van der Waals surface area contributed by atoms with Gasteiger partial charge in [0.15, 0.2) is 0 Å². The predicted octanol–water partition coefficient (Wildman–Crippen LogP) is 3.93. The molecule has 7 nitrogen and oxygen atoms in total. The molecule has 8 heteroatoms. The summed E-state index contributed by atoms with van der Waals surface area (Å²) < 4.78 is 8.62. The third kappa shape index (κ3) is 5.39. The standard InChI is InChI=1S/C21H21N5O2S/c27-20(9-4-10-21-25-18-7-1-2-8-19(18)29-21)24-16-5-3-6-17(13-16)28-12-11-26-15-22-14-23-26/h1-3,5-8,13-15H,4,9-12H2,(H,24,27). The maximum atomic E-state index is 12.3. The summed E-state index contributed by atoms with van der Waals surface area (Å²) in [4.78, 5) is 20.8. The Hall–Kier alpha value is -3.26. The van der Waals surface area contributed by atoms with Crippen molar-refractivity contribution in [2.75, 3.05) is 11.9 Å². The molecule has 0 unspecified atom stereocenters. The number of nitrogens with zero attached hydrogens (tertiary/aromatic N) is 4. The van der Waals surface area contributed by atoms with E-state index in [1.807, 2.05) is 42.5 Å². The molecule has 0 atom stereocenters. The first-order valence-corrected chi connectivity index (χ1v) is 10.3. The quantitative estimate of drug-likeness (QED) is 0.455. The number of fused-ring (bicyclic) bond motifs is 1. The average Bonchev–Trinajstić information content (AvgIpc) is 3.37. The van der Waals surface area contributed by atoms with Gasteiger partial charge in [-0.2, -0.15) is 5.10 Å². The topological polar surface area (TPSA) is 81.9 Å². The number of ether oxygens (including phenoxy) is 1. The average molecular weight is 407 g/mol. The van der Waals surface area contributed by atoms with Gasteiger partial charge in [-0.3, -0.25) is 4.79 Å². The Morgan fingerprint density at radius 3 is 2.97 bits per heavy atom. The predicted molar refractivity (Wildman–Crippen MR) is 113 cm³/mol. The number of benzene rings is 2. The normalized spacial score (nSPS) is 10.9. The van der Waals surface area contributed by atoms with Gasteiger partial charge in [0.1, 0.15) is 25.0 Å². The molecule has 0 fully saturated rings. The second-order valence-corrected chi connectivity index (χ2v) is 7.63. The Morgan fingerprint density at radius 1 is 1.17 bits per heavy atom. The fourth-order valence-electron chi connectivity index (χ4n) is 2.92. The van der Waals surface area contributed by atoms with Crippen molar-refractivity contribution in [3.63, 3.8) is 0 Å². The van der Waals surface area contributed by atoms with E-state index in [2.05, 4.69) is 26.4 Å². The van der Waals surface area contributed by atoms with Gasteiger partial charge in [0, 0.05) is 18.2 Å². The summed E-state index contributed by atoms with van der Waals surface area (Å²) in [6.07, 6.45) is 5.16. The van der Waals surface area contributed by atoms with Crippen LogP contribution in [0.1, 0.15) is 17.8 Å². The third-order valence-corrected chi connectivity index (χ3v) is 5.40. The summed E-state index contributed by atoms with van der Waals surface area (Å²) in [5, 5.41) is 8.04. The van der Waals surface area contributed by atoms with Gasteiger partial charge < -0.3 is 10.1 Å². The van der Waals surface area contributed by atoms with Crippen LogP contribution in [0.5, 0.6) is 5.75 Å². The fraction of sp³-hybridized carbons (Fsp3) is 0.238. The number of carbonyl (C=O) groups is 1. The molecular formula is C21H21N5O2S. The van der Waals surface area contributed by atoms with Crippen LogP contribution in [0.2, 0.25) is 0 Å². The molecule has 29 heavy (non-hydrogen) atoms. The number of carbonyl (C=O) groups excluding carboxylic acids is 1. The van der Waals surface area contributed by atoms with Crippen LogP contribution >= 0.6 is 11.3 Å². The lowest BCUT2D eigenvalue weighted by Crippen LogP contribution is -2.12. The molecule has 2 aromatic heterocycles. The van der Waals surface area contributed by atoms with Crippen LogP contribution in [0.15, 0.2) is 61.2 Å². The number of amides is 1. The molecule has 2 aromatic carbocycles. The van der Waals surface area contributed by atoms with Gasteiger partial charge in [0.25, 0.3) is 0 Å². The van der Waals surface area contributed by atoms with Gasteiger partial charge in [-0.25, -0.2) is 14.6 Å². The summed E-state index contributed by atoms with van der Waals surface area (Å²) in [5.74, 6) is 0.697. The smallest absolute Gasteiger partial charge is 0.224 e. The Kier molecular flexibility index (Phi) is 6.11. The molecule has 0 radical (unpaired) electrons. The summed E-state index contributed by atoms with van der Waals surface area (Å²) in [6.45, 7) is 1.09. The van der Waals surface area contributed by atoms with Crippen molar-refractivity contribution in [2.24, 2.45) is 0 Å². The molecular weight excluding hydrogens is 386 g/mol. The Bertz CT molecular complexity index is 1040. The molecule has 0 aliphatic heterocycles. The highest BCUT2D eigenvalue weighted by Gasteiger charge is 2.07. The molecule has 0 bridgehead atoms. The summed E-state index contributed by atoms with van der Waals surface area (Å²) >= 11 is 1.69. The zero-order chi connectivity index (χ0) is 19.9. The van der Waals surface area contributed by atoms with Crippen LogP contribution in [-0.2, 0) is 17.8 Å². The van der Waals surface area contributed by atoms with Crippen LogP contribution in [-0.4, -0.2) is 32.3 Å². The molecule has 1 amide bonds. The molecule has 0 aliphatic carbocycles. The van der Waals surface area contributed by atoms with E-state index in [0.717, 1.165) is 29.1 Å². The zero-order valence-corrected chi connectivity index (χ0v) is 16.6. The maximum Gasteiger partial charge on any atom is 0.224 e. The van der Waals surface area contributed by atoms with E-state index in [1.165, 1.54) is 11.0 Å².